The molecule has 1 aliphatic rings. The molecular weight excluding hydrogens is 314 g/mol. The summed E-state index contributed by atoms with van der Waals surface area (Å²) in [5.74, 6) is -0.911. The molecule has 0 N–H and O–H groups in total. The van der Waals surface area contributed by atoms with E-state index >= 15 is 0 Å². The third-order valence-electron chi connectivity index (χ3n) is 4.50. The predicted molar refractivity (Wildman–Crippen MR) is 87.5 cm³/mol. The molecule has 3 nitrogen and oxygen atoms in total. The highest BCUT2D eigenvalue weighted by molar-refractivity contribution is 6.05. The van der Waals surface area contributed by atoms with Crippen LogP contribution in [0.3, 0.4) is 0 Å². The van der Waals surface area contributed by atoms with Gasteiger partial charge in [-0.05, 0) is 43.5 Å². The smallest absolute Gasteiger partial charge is 0.208 e. The van der Waals surface area contributed by atoms with E-state index < -0.39 is 11.6 Å². The maximum absolute atomic E-state index is 14.8. The lowest BCUT2D eigenvalue weighted by Gasteiger charge is -2.09. The molecule has 5 heteroatoms. The van der Waals surface area contributed by atoms with Crippen molar-refractivity contribution in [3.05, 3.63) is 41.5 Å². The molecule has 0 radical (unpaired) electrons. The first-order chi connectivity index (χ1) is 11.7. The summed E-state index contributed by atoms with van der Waals surface area (Å²) in [5, 5.41) is 1.12. The third-order valence-corrected chi connectivity index (χ3v) is 4.50. The topological polar surface area (TPSA) is 31.6 Å². The highest BCUT2D eigenvalue weighted by atomic mass is 19.1. The first-order valence-corrected chi connectivity index (χ1v) is 8.25. The van der Waals surface area contributed by atoms with Crippen molar-refractivity contribution in [2.45, 2.75) is 32.3 Å². The second kappa shape index (κ2) is 6.06. The number of hydrogen-bond acceptors (Lipinski definition) is 3. The van der Waals surface area contributed by atoms with E-state index in [9.17, 15) is 8.78 Å². The molecule has 2 aromatic carbocycles. The maximum Gasteiger partial charge on any atom is 0.208 e. The maximum atomic E-state index is 14.8. The first kappa shape index (κ1) is 15.4. The van der Waals surface area contributed by atoms with E-state index in [1.165, 1.54) is 0 Å². The Morgan fingerprint density at radius 2 is 1.83 bits per heavy atom. The Hall–Kier alpha value is -2.14. The van der Waals surface area contributed by atoms with Gasteiger partial charge in [0.2, 0.25) is 5.82 Å². The fraction of sp³-hybridized carbons (Fsp3) is 0.368. The van der Waals surface area contributed by atoms with Crippen molar-refractivity contribution in [2.24, 2.45) is 0 Å². The molecule has 1 unspecified atom stereocenters. The van der Waals surface area contributed by atoms with Crippen LogP contribution in [0.4, 0.5) is 8.78 Å². The zero-order chi connectivity index (χ0) is 16.7. The number of furan rings is 1. The largest absolute Gasteiger partial charge is 0.491 e. The van der Waals surface area contributed by atoms with Crippen LogP contribution in [0, 0.1) is 11.6 Å². The molecule has 0 aliphatic carbocycles. The minimum absolute atomic E-state index is 0.0316. The van der Waals surface area contributed by atoms with Gasteiger partial charge >= 0.3 is 0 Å². The first-order valence-electron chi connectivity index (χ1n) is 8.25. The van der Waals surface area contributed by atoms with E-state index in [4.69, 9.17) is 13.9 Å². The summed E-state index contributed by atoms with van der Waals surface area (Å²) in [6.45, 7) is 2.85. The lowest BCUT2D eigenvalue weighted by Crippen LogP contribution is -2.10. The van der Waals surface area contributed by atoms with E-state index in [1.807, 2.05) is 0 Å². The van der Waals surface area contributed by atoms with E-state index in [0.717, 1.165) is 19.4 Å². The lowest BCUT2D eigenvalue weighted by molar-refractivity contribution is 0.111. The van der Waals surface area contributed by atoms with Gasteiger partial charge in [-0.1, -0.05) is 6.07 Å². The Morgan fingerprint density at radius 3 is 2.54 bits per heavy atom. The Morgan fingerprint density at radius 1 is 1.08 bits per heavy atom. The predicted octanol–water partition coefficient (Wildman–Crippen LogP) is 4.98. The zero-order valence-corrected chi connectivity index (χ0v) is 13.4. The van der Waals surface area contributed by atoms with Crippen molar-refractivity contribution in [1.82, 2.24) is 0 Å². The average Bonchev–Trinajstić information content (AvgIpc) is 3.21. The number of benzene rings is 2. The van der Waals surface area contributed by atoms with Gasteiger partial charge in [-0.3, -0.25) is 0 Å². The summed E-state index contributed by atoms with van der Waals surface area (Å²) in [4.78, 5) is 0. The van der Waals surface area contributed by atoms with Crippen molar-refractivity contribution in [3.63, 3.8) is 0 Å². The van der Waals surface area contributed by atoms with E-state index in [0.29, 0.717) is 29.4 Å². The van der Waals surface area contributed by atoms with Crippen LogP contribution < -0.4 is 4.74 Å². The van der Waals surface area contributed by atoms with Crippen LogP contribution in [0.25, 0.3) is 21.9 Å². The Labute approximate surface area is 138 Å². The SMILES string of the molecule is CCOc1ccc2c(oc3c(F)c(CC4CCCO4)ccc32)c1F. The normalized spacial score (nSPS) is 17.9. The molecule has 0 saturated carbocycles. The van der Waals surface area contributed by atoms with Gasteiger partial charge in [0.05, 0.1) is 12.7 Å². The van der Waals surface area contributed by atoms with E-state index in [2.05, 4.69) is 0 Å². The number of hydrogen-bond donors (Lipinski definition) is 0. The van der Waals surface area contributed by atoms with Gasteiger partial charge < -0.3 is 13.9 Å². The Balaban J connectivity index is 1.82. The van der Waals surface area contributed by atoms with Crippen molar-refractivity contribution in [3.8, 4) is 5.75 Å². The second-order valence-electron chi connectivity index (χ2n) is 6.04. The lowest BCUT2D eigenvalue weighted by atomic mass is 10.0. The molecule has 1 fully saturated rings. The van der Waals surface area contributed by atoms with Gasteiger partial charge in [0.15, 0.2) is 22.7 Å². The fourth-order valence-electron chi connectivity index (χ4n) is 3.34. The summed E-state index contributed by atoms with van der Waals surface area (Å²) in [6.07, 6.45) is 2.49. The zero-order valence-electron chi connectivity index (χ0n) is 13.4. The third kappa shape index (κ3) is 2.44. The minimum atomic E-state index is -0.592. The summed E-state index contributed by atoms with van der Waals surface area (Å²) in [6, 6.07) is 6.78. The average molecular weight is 332 g/mol. The molecule has 0 amide bonds. The van der Waals surface area contributed by atoms with Crippen LogP contribution >= 0.6 is 0 Å². The van der Waals surface area contributed by atoms with Gasteiger partial charge in [0.25, 0.3) is 0 Å². The Bertz CT molecular complexity index is 895. The van der Waals surface area contributed by atoms with Gasteiger partial charge in [-0.25, -0.2) is 4.39 Å². The van der Waals surface area contributed by atoms with Gasteiger partial charge in [0.1, 0.15) is 0 Å². The van der Waals surface area contributed by atoms with E-state index in [1.54, 1.807) is 31.2 Å². The van der Waals surface area contributed by atoms with Crippen LogP contribution in [0.1, 0.15) is 25.3 Å². The highest BCUT2D eigenvalue weighted by Gasteiger charge is 2.22. The van der Waals surface area contributed by atoms with Gasteiger partial charge in [-0.15, -0.1) is 0 Å². The van der Waals surface area contributed by atoms with Gasteiger partial charge in [-0.2, -0.15) is 4.39 Å². The standard InChI is InChI=1S/C19H18F2O3/c1-2-22-15-8-7-14-13-6-5-11(10-12-4-3-9-23-12)16(20)18(13)24-19(14)17(15)21/h5-8,12H,2-4,9-10H2,1H3. The molecule has 4 rings (SSSR count). The number of halogens is 2. The Kier molecular flexibility index (Phi) is 3.88. The van der Waals surface area contributed by atoms with Crippen molar-refractivity contribution < 1.29 is 22.7 Å². The monoisotopic (exact) mass is 332 g/mol. The summed E-state index contributed by atoms with van der Waals surface area (Å²) >= 11 is 0. The van der Waals surface area contributed by atoms with Crippen molar-refractivity contribution in [2.75, 3.05) is 13.2 Å². The van der Waals surface area contributed by atoms with Crippen LogP contribution in [0.5, 0.6) is 5.75 Å². The molecule has 1 atom stereocenters. The van der Waals surface area contributed by atoms with Gasteiger partial charge in [0, 0.05) is 23.8 Å². The molecule has 1 saturated heterocycles. The second-order valence-corrected chi connectivity index (χ2v) is 6.04. The molecule has 126 valence electrons. The fourth-order valence-corrected chi connectivity index (χ4v) is 3.34. The molecular formula is C19H18F2O3. The molecule has 0 spiro atoms. The van der Waals surface area contributed by atoms with Crippen LogP contribution in [0.15, 0.2) is 28.7 Å². The number of rotatable bonds is 4. The van der Waals surface area contributed by atoms with Crippen LogP contribution in [-0.4, -0.2) is 19.3 Å². The molecule has 3 aromatic rings. The number of ether oxygens (including phenoxy) is 2. The van der Waals surface area contributed by atoms with Crippen molar-refractivity contribution in [1.29, 1.82) is 0 Å². The molecule has 24 heavy (non-hydrogen) atoms. The minimum Gasteiger partial charge on any atom is -0.491 e. The quantitative estimate of drug-likeness (QED) is 0.675. The van der Waals surface area contributed by atoms with Crippen molar-refractivity contribution >= 4 is 21.9 Å². The molecule has 1 aromatic heterocycles. The summed E-state index contributed by atoms with van der Waals surface area (Å²) < 4.78 is 45.7. The molecule has 0 bridgehead atoms. The summed E-state index contributed by atoms with van der Waals surface area (Å²) in [7, 11) is 0. The van der Waals surface area contributed by atoms with E-state index in [-0.39, 0.29) is 23.0 Å². The highest BCUT2D eigenvalue weighted by Crippen LogP contribution is 2.36. The molecule has 1 aliphatic heterocycles. The summed E-state index contributed by atoms with van der Waals surface area (Å²) in [5.41, 5.74) is 0.663. The van der Waals surface area contributed by atoms with Crippen LogP contribution in [0.2, 0.25) is 0 Å². The number of fused-ring (bicyclic) bond motifs is 3. The molecule has 2 heterocycles. The van der Waals surface area contributed by atoms with Crippen LogP contribution in [-0.2, 0) is 11.2 Å².